The predicted molar refractivity (Wildman–Crippen MR) is 99.8 cm³/mol. The van der Waals surface area contributed by atoms with Crippen molar-refractivity contribution in [3.63, 3.8) is 0 Å². The summed E-state index contributed by atoms with van der Waals surface area (Å²) in [7, 11) is 0. The highest BCUT2D eigenvalue weighted by molar-refractivity contribution is 5.91. The van der Waals surface area contributed by atoms with Gasteiger partial charge in [-0.15, -0.1) is 0 Å². The summed E-state index contributed by atoms with van der Waals surface area (Å²) < 4.78 is 5.68. The molecule has 128 valence electrons. The van der Waals surface area contributed by atoms with Gasteiger partial charge in [0.05, 0.1) is 13.0 Å². The Kier molecular flexibility index (Phi) is 5.66. The van der Waals surface area contributed by atoms with Crippen LogP contribution in [0.1, 0.15) is 43.9 Å². The zero-order chi connectivity index (χ0) is 17.7. The molecule has 0 fully saturated rings. The van der Waals surface area contributed by atoms with Crippen LogP contribution in [-0.2, 0) is 10.2 Å². The number of benzene rings is 2. The molecule has 0 aliphatic heterocycles. The number of nitrogens with one attached hydrogen (secondary N) is 1. The fourth-order valence-corrected chi connectivity index (χ4v) is 2.41. The van der Waals surface area contributed by atoms with E-state index in [9.17, 15) is 4.79 Å². The van der Waals surface area contributed by atoms with Crippen LogP contribution in [-0.4, -0.2) is 12.5 Å². The molecular formula is C21H27NO2. The lowest BCUT2D eigenvalue weighted by atomic mass is 9.87. The molecule has 0 aromatic heterocycles. The van der Waals surface area contributed by atoms with E-state index in [2.05, 4.69) is 38.2 Å². The number of aryl methyl sites for hydroxylation is 1. The van der Waals surface area contributed by atoms with E-state index in [0.29, 0.717) is 13.0 Å². The van der Waals surface area contributed by atoms with Crippen LogP contribution < -0.4 is 10.1 Å². The fourth-order valence-electron chi connectivity index (χ4n) is 2.41. The minimum atomic E-state index is -0.0324. The molecule has 0 heterocycles. The number of amides is 1. The van der Waals surface area contributed by atoms with E-state index >= 15 is 0 Å². The van der Waals surface area contributed by atoms with Crippen LogP contribution in [0.4, 0.5) is 5.69 Å². The number of anilines is 1. The molecule has 0 radical (unpaired) electrons. The Morgan fingerprint density at radius 1 is 1.04 bits per heavy atom. The van der Waals surface area contributed by atoms with E-state index < -0.39 is 0 Å². The van der Waals surface area contributed by atoms with Gasteiger partial charge in [-0.1, -0.05) is 45.0 Å². The third kappa shape index (κ3) is 4.85. The second-order valence-corrected chi connectivity index (χ2v) is 7.17. The van der Waals surface area contributed by atoms with Crippen LogP contribution in [0.15, 0.2) is 42.5 Å². The summed E-state index contributed by atoms with van der Waals surface area (Å²) in [6, 6.07) is 14.0. The van der Waals surface area contributed by atoms with Crippen LogP contribution in [0, 0.1) is 13.8 Å². The normalized spacial score (nSPS) is 11.2. The number of hydrogen-bond acceptors (Lipinski definition) is 2. The van der Waals surface area contributed by atoms with Gasteiger partial charge in [0.15, 0.2) is 0 Å². The van der Waals surface area contributed by atoms with Crippen molar-refractivity contribution in [3.8, 4) is 5.75 Å². The largest absolute Gasteiger partial charge is 0.493 e. The number of carbonyl (C=O) groups is 1. The SMILES string of the molecule is Cc1cccc(NC(=O)CCOc2ccc(C(C)(C)C)cc2)c1C. The first-order valence-electron chi connectivity index (χ1n) is 8.37. The van der Waals surface area contributed by atoms with Crippen molar-refractivity contribution in [2.24, 2.45) is 0 Å². The first-order chi connectivity index (χ1) is 11.3. The molecule has 3 nitrogen and oxygen atoms in total. The molecule has 0 spiro atoms. The van der Waals surface area contributed by atoms with Gasteiger partial charge in [0, 0.05) is 5.69 Å². The lowest BCUT2D eigenvalue weighted by Crippen LogP contribution is -2.16. The molecule has 0 saturated heterocycles. The summed E-state index contributed by atoms with van der Waals surface area (Å²) >= 11 is 0. The number of carbonyl (C=O) groups excluding carboxylic acids is 1. The van der Waals surface area contributed by atoms with E-state index in [-0.39, 0.29) is 11.3 Å². The Hall–Kier alpha value is -2.29. The fraction of sp³-hybridized carbons (Fsp3) is 0.381. The highest BCUT2D eigenvalue weighted by Gasteiger charge is 2.13. The van der Waals surface area contributed by atoms with E-state index in [1.54, 1.807) is 0 Å². The highest BCUT2D eigenvalue weighted by Crippen LogP contribution is 2.24. The van der Waals surface area contributed by atoms with Crippen molar-refractivity contribution in [1.82, 2.24) is 0 Å². The molecule has 3 heteroatoms. The first kappa shape index (κ1) is 18.1. The third-order valence-corrected chi connectivity index (χ3v) is 4.20. The molecule has 2 aromatic rings. The van der Waals surface area contributed by atoms with Gasteiger partial charge in [-0.2, -0.15) is 0 Å². The van der Waals surface area contributed by atoms with Gasteiger partial charge in [-0.05, 0) is 54.2 Å². The topological polar surface area (TPSA) is 38.3 Å². The zero-order valence-electron chi connectivity index (χ0n) is 15.3. The lowest BCUT2D eigenvalue weighted by molar-refractivity contribution is -0.116. The highest BCUT2D eigenvalue weighted by atomic mass is 16.5. The van der Waals surface area contributed by atoms with Crippen molar-refractivity contribution in [2.45, 2.75) is 46.5 Å². The van der Waals surface area contributed by atoms with Gasteiger partial charge in [0.1, 0.15) is 5.75 Å². The molecule has 2 aromatic carbocycles. The maximum atomic E-state index is 12.1. The molecule has 0 atom stereocenters. The quantitative estimate of drug-likeness (QED) is 0.839. The van der Waals surface area contributed by atoms with Crippen molar-refractivity contribution < 1.29 is 9.53 Å². The first-order valence-corrected chi connectivity index (χ1v) is 8.37. The molecule has 2 rings (SSSR count). The smallest absolute Gasteiger partial charge is 0.227 e. The van der Waals surface area contributed by atoms with E-state index in [4.69, 9.17) is 4.74 Å². The molecule has 1 N–H and O–H groups in total. The molecule has 0 bridgehead atoms. The number of rotatable bonds is 5. The molecular weight excluding hydrogens is 298 g/mol. The third-order valence-electron chi connectivity index (χ3n) is 4.20. The minimum Gasteiger partial charge on any atom is -0.493 e. The second-order valence-electron chi connectivity index (χ2n) is 7.17. The average Bonchev–Trinajstić information content (AvgIpc) is 2.51. The molecule has 0 aliphatic carbocycles. The number of hydrogen-bond donors (Lipinski definition) is 1. The Bertz CT molecular complexity index is 697. The summed E-state index contributed by atoms with van der Waals surface area (Å²) in [5.41, 5.74) is 4.54. The van der Waals surface area contributed by atoms with Crippen molar-refractivity contribution in [2.75, 3.05) is 11.9 Å². The van der Waals surface area contributed by atoms with Crippen LogP contribution in [0.2, 0.25) is 0 Å². The average molecular weight is 325 g/mol. The van der Waals surface area contributed by atoms with Gasteiger partial charge < -0.3 is 10.1 Å². The summed E-state index contributed by atoms with van der Waals surface area (Å²) in [4.78, 5) is 12.1. The molecule has 0 unspecified atom stereocenters. The van der Waals surface area contributed by atoms with Crippen molar-refractivity contribution in [1.29, 1.82) is 0 Å². The van der Waals surface area contributed by atoms with Gasteiger partial charge in [-0.25, -0.2) is 0 Å². The van der Waals surface area contributed by atoms with Crippen LogP contribution >= 0.6 is 0 Å². The summed E-state index contributed by atoms with van der Waals surface area (Å²) in [5.74, 6) is 0.762. The number of ether oxygens (including phenoxy) is 1. The lowest BCUT2D eigenvalue weighted by Gasteiger charge is -2.19. The van der Waals surface area contributed by atoms with Gasteiger partial charge >= 0.3 is 0 Å². The van der Waals surface area contributed by atoms with E-state index in [1.165, 1.54) is 11.1 Å². The predicted octanol–water partition coefficient (Wildman–Crippen LogP) is 5.01. The van der Waals surface area contributed by atoms with Gasteiger partial charge in [0.25, 0.3) is 0 Å². The molecule has 24 heavy (non-hydrogen) atoms. The van der Waals surface area contributed by atoms with E-state index in [1.807, 2.05) is 44.2 Å². The van der Waals surface area contributed by atoms with Crippen molar-refractivity contribution >= 4 is 11.6 Å². The zero-order valence-corrected chi connectivity index (χ0v) is 15.3. The molecule has 0 saturated carbocycles. The Morgan fingerprint density at radius 2 is 1.71 bits per heavy atom. The maximum Gasteiger partial charge on any atom is 0.227 e. The van der Waals surface area contributed by atoms with Crippen LogP contribution in [0.5, 0.6) is 5.75 Å². The Balaban J connectivity index is 1.83. The summed E-state index contributed by atoms with van der Waals surface area (Å²) in [6.07, 6.45) is 0.328. The second kappa shape index (κ2) is 7.52. The van der Waals surface area contributed by atoms with Crippen molar-refractivity contribution in [3.05, 3.63) is 59.2 Å². The Labute approximate surface area is 145 Å². The minimum absolute atomic E-state index is 0.0324. The van der Waals surface area contributed by atoms with Crippen LogP contribution in [0.3, 0.4) is 0 Å². The standard InChI is InChI=1S/C21H27NO2/c1-15-7-6-8-19(16(15)2)22-20(23)13-14-24-18-11-9-17(10-12-18)21(3,4)5/h6-12H,13-14H2,1-5H3,(H,22,23). The summed E-state index contributed by atoms with van der Waals surface area (Å²) in [5, 5.41) is 2.95. The van der Waals surface area contributed by atoms with Crippen LogP contribution in [0.25, 0.3) is 0 Å². The Morgan fingerprint density at radius 3 is 2.33 bits per heavy atom. The maximum absolute atomic E-state index is 12.1. The molecule has 0 aliphatic rings. The monoisotopic (exact) mass is 325 g/mol. The van der Waals surface area contributed by atoms with E-state index in [0.717, 1.165) is 17.0 Å². The summed E-state index contributed by atoms with van der Waals surface area (Å²) in [6.45, 7) is 11.0. The van der Waals surface area contributed by atoms with Gasteiger partial charge in [-0.3, -0.25) is 4.79 Å². The molecule has 1 amide bonds. The van der Waals surface area contributed by atoms with Gasteiger partial charge in [0.2, 0.25) is 5.91 Å².